The standard InChI is InChI=1S/C14H21NO3/c1-11(15-16)12-7-5-6-8-13(12)17-9-10-18-14(2,3)4/h5-8,16H,9-10H2,1-4H3/b15-11-. The third kappa shape index (κ3) is 4.75. The van der Waals surface area contributed by atoms with Gasteiger partial charge in [-0.25, -0.2) is 0 Å². The quantitative estimate of drug-likeness (QED) is 0.378. The summed E-state index contributed by atoms with van der Waals surface area (Å²) in [5.41, 5.74) is 1.16. The van der Waals surface area contributed by atoms with E-state index in [-0.39, 0.29) is 5.60 Å². The van der Waals surface area contributed by atoms with Crippen molar-refractivity contribution in [1.29, 1.82) is 0 Å². The zero-order chi connectivity index (χ0) is 13.6. The molecule has 0 fully saturated rings. The Morgan fingerprint density at radius 3 is 2.50 bits per heavy atom. The van der Waals surface area contributed by atoms with E-state index in [1.54, 1.807) is 6.92 Å². The number of para-hydroxylation sites is 1. The van der Waals surface area contributed by atoms with Gasteiger partial charge in [0, 0.05) is 5.56 Å². The molecule has 0 aliphatic heterocycles. The Hall–Kier alpha value is -1.55. The maximum absolute atomic E-state index is 8.80. The first-order chi connectivity index (χ1) is 8.44. The second-order valence-electron chi connectivity index (χ2n) is 4.99. The lowest BCUT2D eigenvalue weighted by atomic mass is 10.1. The van der Waals surface area contributed by atoms with Crippen LogP contribution < -0.4 is 4.74 Å². The summed E-state index contributed by atoms with van der Waals surface area (Å²) < 4.78 is 11.2. The highest BCUT2D eigenvalue weighted by atomic mass is 16.5. The maximum Gasteiger partial charge on any atom is 0.128 e. The SMILES string of the molecule is C/C(=N/O)c1ccccc1OCCOC(C)(C)C. The van der Waals surface area contributed by atoms with Gasteiger partial charge in [-0.2, -0.15) is 0 Å². The predicted molar refractivity (Wildman–Crippen MR) is 71.6 cm³/mol. The summed E-state index contributed by atoms with van der Waals surface area (Å²) in [5.74, 6) is 0.699. The first-order valence-corrected chi connectivity index (χ1v) is 5.99. The smallest absolute Gasteiger partial charge is 0.128 e. The molecule has 1 aromatic carbocycles. The molecule has 0 aliphatic carbocycles. The highest BCUT2D eigenvalue weighted by Crippen LogP contribution is 2.19. The molecule has 0 amide bonds. The van der Waals surface area contributed by atoms with Crippen LogP contribution in [-0.4, -0.2) is 29.7 Å². The van der Waals surface area contributed by atoms with Gasteiger partial charge < -0.3 is 14.7 Å². The number of rotatable bonds is 5. The lowest BCUT2D eigenvalue weighted by molar-refractivity contribution is -0.0163. The van der Waals surface area contributed by atoms with Crippen molar-refractivity contribution in [1.82, 2.24) is 0 Å². The number of hydrogen-bond acceptors (Lipinski definition) is 4. The Labute approximate surface area is 108 Å². The van der Waals surface area contributed by atoms with E-state index in [4.69, 9.17) is 14.7 Å². The van der Waals surface area contributed by atoms with Gasteiger partial charge in [-0.15, -0.1) is 0 Å². The highest BCUT2D eigenvalue weighted by molar-refractivity contribution is 6.00. The lowest BCUT2D eigenvalue weighted by Crippen LogP contribution is -2.22. The van der Waals surface area contributed by atoms with E-state index in [1.807, 2.05) is 45.0 Å². The normalized spacial score (nSPS) is 12.6. The molecule has 0 unspecified atom stereocenters. The van der Waals surface area contributed by atoms with Crippen LogP contribution >= 0.6 is 0 Å². The van der Waals surface area contributed by atoms with Crippen molar-refractivity contribution in [3.63, 3.8) is 0 Å². The van der Waals surface area contributed by atoms with Crippen molar-refractivity contribution in [3.05, 3.63) is 29.8 Å². The largest absolute Gasteiger partial charge is 0.490 e. The fourth-order valence-electron chi connectivity index (χ4n) is 1.44. The predicted octanol–water partition coefficient (Wildman–Crippen LogP) is 3.08. The molecular formula is C14H21NO3. The average molecular weight is 251 g/mol. The van der Waals surface area contributed by atoms with Crippen LogP contribution in [-0.2, 0) is 4.74 Å². The summed E-state index contributed by atoms with van der Waals surface area (Å²) in [4.78, 5) is 0. The van der Waals surface area contributed by atoms with Crippen LogP contribution in [0.4, 0.5) is 0 Å². The van der Waals surface area contributed by atoms with Crippen molar-refractivity contribution in [3.8, 4) is 5.75 Å². The van der Waals surface area contributed by atoms with Crippen molar-refractivity contribution >= 4 is 5.71 Å². The Bertz CT molecular complexity index is 408. The summed E-state index contributed by atoms with van der Waals surface area (Å²) in [7, 11) is 0. The molecule has 1 rings (SSSR count). The van der Waals surface area contributed by atoms with E-state index in [2.05, 4.69) is 5.16 Å². The number of benzene rings is 1. The summed E-state index contributed by atoms with van der Waals surface area (Å²) in [6, 6.07) is 7.47. The highest BCUT2D eigenvalue weighted by Gasteiger charge is 2.10. The molecule has 0 spiro atoms. The summed E-state index contributed by atoms with van der Waals surface area (Å²) in [6.45, 7) is 8.73. The average Bonchev–Trinajstić information content (AvgIpc) is 2.33. The van der Waals surface area contributed by atoms with Crippen molar-refractivity contribution in [2.24, 2.45) is 5.16 Å². The van der Waals surface area contributed by atoms with Gasteiger partial charge in [0.15, 0.2) is 0 Å². The molecule has 0 radical (unpaired) electrons. The van der Waals surface area contributed by atoms with Gasteiger partial charge >= 0.3 is 0 Å². The van der Waals surface area contributed by atoms with Crippen molar-refractivity contribution in [2.75, 3.05) is 13.2 Å². The van der Waals surface area contributed by atoms with Gasteiger partial charge in [-0.3, -0.25) is 0 Å². The zero-order valence-electron chi connectivity index (χ0n) is 11.4. The number of hydrogen-bond donors (Lipinski definition) is 1. The minimum atomic E-state index is -0.161. The second kappa shape index (κ2) is 6.40. The van der Waals surface area contributed by atoms with Crippen LogP contribution in [0, 0.1) is 0 Å². The van der Waals surface area contributed by atoms with E-state index >= 15 is 0 Å². The van der Waals surface area contributed by atoms with Gasteiger partial charge in [0.1, 0.15) is 12.4 Å². The number of ether oxygens (including phenoxy) is 2. The minimum Gasteiger partial charge on any atom is -0.490 e. The Balaban J connectivity index is 2.57. The van der Waals surface area contributed by atoms with E-state index in [0.717, 1.165) is 5.56 Å². The lowest BCUT2D eigenvalue weighted by Gasteiger charge is -2.19. The first-order valence-electron chi connectivity index (χ1n) is 5.99. The van der Waals surface area contributed by atoms with Crippen LogP contribution in [0.5, 0.6) is 5.75 Å². The van der Waals surface area contributed by atoms with Crippen LogP contribution in [0.1, 0.15) is 33.3 Å². The maximum atomic E-state index is 8.80. The van der Waals surface area contributed by atoms with E-state index in [1.165, 1.54) is 0 Å². The van der Waals surface area contributed by atoms with Crippen molar-refractivity contribution in [2.45, 2.75) is 33.3 Å². The molecule has 100 valence electrons. The fraction of sp³-hybridized carbons (Fsp3) is 0.500. The molecule has 0 bridgehead atoms. The van der Waals surface area contributed by atoms with E-state index in [0.29, 0.717) is 24.7 Å². The number of nitrogens with zero attached hydrogens (tertiary/aromatic N) is 1. The third-order valence-electron chi connectivity index (χ3n) is 2.30. The fourth-order valence-corrected chi connectivity index (χ4v) is 1.44. The summed E-state index contributed by atoms with van der Waals surface area (Å²) in [5, 5.41) is 12.0. The van der Waals surface area contributed by atoms with Gasteiger partial charge in [-0.05, 0) is 39.8 Å². The molecule has 18 heavy (non-hydrogen) atoms. The zero-order valence-corrected chi connectivity index (χ0v) is 11.4. The van der Waals surface area contributed by atoms with Crippen LogP contribution in [0.25, 0.3) is 0 Å². The molecule has 0 aromatic heterocycles. The Morgan fingerprint density at radius 1 is 1.22 bits per heavy atom. The Morgan fingerprint density at radius 2 is 1.89 bits per heavy atom. The van der Waals surface area contributed by atoms with Gasteiger partial charge in [0.25, 0.3) is 0 Å². The number of oxime groups is 1. The van der Waals surface area contributed by atoms with Crippen LogP contribution in [0.15, 0.2) is 29.4 Å². The molecule has 1 N–H and O–H groups in total. The van der Waals surface area contributed by atoms with Gasteiger partial charge in [0.05, 0.1) is 17.9 Å². The van der Waals surface area contributed by atoms with E-state index < -0.39 is 0 Å². The van der Waals surface area contributed by atoms with Crippen LogP contribution in [0.2, 0.25) is 0 Å². The molecule has 4 nitrogen and oxygen atoms in total. The second-order valence-corrected chi connectivity index (χ2v) is 4.99. The van der Waals surface area contributed by atoms with E-state index in [9.17, 15) is 0 Å². The van der Waals surface area contributed by atoms with Gasteiger partial charge in [-0.1, -0.05) is 17.3 Å². The Kier molecular flexibility index (Phi) is 5.16. The minimum absolute atomic E-state index is 0.161. The molecule has 0 saturated heterocycles. The topological polar surface area (TPSA) is 51.1 Å². The molecule has 0 heterocycles. The third-order valence-corrected chi connectivity index (χ3v) is 2.30. The summed E-state index contributed by atoms with van der Waals surface area (Å²) >= 11 is 0. The monoisotopic (exact) mass is 251 g/mol. The van der Waals surface area contributed by atoms with Gasteiger partial charge in [0.2, 0.25) is 0 Å². The molecule has 4 heteroatoms. The molecular weight excluding hydrogens is 230 g/mol. The molecule has 0 aliphatic rings. The molecule has 0 atom stereocenters. The first kappa shape index (κ1) is 14.5. The van der Waals surface area contributed by atoms with Crippen molar-refractivity contribution < 1.29 is 14.7 Å². The summed E-state index contributed by atoms with van der Waals surface area (Å²) in [6.07, 6.45) is 0. The van der Waals surface area contributed by atoms with Crippen LogP contribution in [0.3, 0.4) is 0 Å². The molecule has 0 saturated carbocycles. The molecule has 1 aromatic rings.